The van der Waals surface area contributed by atoms with Crippen LogP contribution in [0.3, 0.4) is 0 Å². The van der Waals surface area contributed by atoms with Crippen molar-refractivity contribution in [3.8, 4) is 50.6 Å². The Morgan fingerprint density at radius 2 is 1.03 bits per heavy atom. The first-order valence-electron chi connectivity index (χ1n) is 10.9. The normalized spacial score (nSPS) is 10.4. The van der Waals surface area contributed by atoms with E-state index in [2.05, 4.69) is 30.8 Å². The molecule has 0 heterocycles. The van der Waals surface area contributed by atoms with Crippen LogP contribution in [0.1, 0.15) is 6.92 Å². The quantitative estimate of drug-likeness (QED) is 0.170. The summed E-state index contributed by atoms with van der Waals surface area (Å²) in [4.78, 5) is 12.3. The molecule has 0 saturated heterocycles. The Kier molecular flexibility index (Phi) is 6.79. The molecule has 4 aromatic carbocycles. The SMILES string of the molecule is C=C(C)C(=O)Oc1cc(-c2ccc(-c3ccc(OC)cc3)cc2)ccc1-c1ccc(OC)cc1. The van der Waals surface area contributed by atoms with Gasteiger partial charge in [-0.05, 0) is 65.1 Å². The molecule has 4 aromatic rings. The summed E-state index contributed by atoms with van der Waals surface area (Å²) in [6.45, 7) is 5.34. The lowest BCUT2D eigenvalue weighted by molar-refractivity contribution is -0.130. The minimum absolute atomic E-state index is 0.343. The maximum Gasteiger partial charge on any atom is 0.338 e. The molecule has 0 aliphatic rings. The van der Waals surface area contributed by atoms with E-state index >= 15 is 0 Å². The topological polar surface area (TPSA) is 44.8 Å². The minimum atomic E-state index is -0.457. The van der Waals surface area contributed by atoms with Gasteiger partial charge in [-0.15, -0.1) is 0 Å². The van der Waals surface area contributed by atoms with Crippen LogP contribution in [-0.2, 0) is 4.79 Å². The molecule has 0 aliphatic heterocycles. The van der Waals surface area contributed by atoms with Gasteiger partial charge in [0.2, 0.25) is 0 Å². The van der Waals surface area contributed by atoms with Crippen molar-refractivity contribution in [1.29, 1.82) is 0 Å². The number of hydrogen-bond acceptors (Lipinski definition) is 4. The van der Waals surface area contributed by atoms with Crippen molar-refractivity contribution in [1.82, 2.24) is 0 Å². The third-order valence-corrected chi connectivity index (χ3v) is 5.58. The van der Waals surface area contributed by atoms with Gasteiger partial charge >= 0.3 is 5.97 Å². The molecule has 0 N–H and O–H groups in total. The molecule has 0 amide bonds. The number of methoxy groups -OCH3 is 2. The number of benzene rings is 4. The third kappa shape index (κ3) is 5.02. The van der Waals surface area contributed by atoms with Gasteiger partial charge in [-0.1, -0.05) is 67.2 Å². The zero-order valence-electron chi connectivity index (χ0n) is 19.5. The molecule has 34 heavy (non-hydrogen) atoms. The molecule has 0 bridgehead atoms. The molecule has 0 aliphatic carbocycles. The van der Waals surface area contributed by atoms with Crippen LogP contribution in [0.2, 0.25) is 0 Å². The summed E-state index contributed by atoms with van der Waals surface area (Å²) in [7, 11) is 3.29. The highest BCUT2D eigenvalue weighted by atomic mass is 16.5. The van der Waals surface area contributed by atoms with Crippen LogP contribution < -0.4 is 14.2 Å². The van der Waals surface area contributed by atoms with Gasteiger partial charge in [0.25, 0.3) is 0 Å². The molecule has 0 aromatic heterocycles. The first-order chi connectivity index (χ1) is 16.5. The van der Waals surface area contributed by atoms with Crippen LogP contribution in [0.25, 0.3) is 33.4 Å². The Balaban J connectivity index is 1.68. The van der Waals surface area contributed by atoms with E-state index in [4.69, 9.17) is 14.2 Å². The Morgan fingerprint density at radius 3 is 1.50 bits per heavy atom. The molecule has 0 spiro atoms. The zero-order chi connectivity index (χ0) is 24.1. The second kappa shape index (κ2) is 10.1. The smallest absolute Gasteiger partial charge is 0.338 e. The largest absolute Gasteiger partial charge is 0.497 e. The fourth-order valence-electron chi connectivity index (χ4n) is 3.62. The molecular formula is C30H26O4. The van der Waals surface area contributed by atoms with Gasteiger partial charge in [0.15, 0.2) is 0 Å². The summed E-state index contributed by atoms with van der Waals surface area (Å²) >= 11 is 0. The molecule has 0 saturated carbocycles. The number of rotatable bonds is 7. The van der Waals surface area contributed by atoms with Crippen LogP contribution in [0.5, 0.6) is 17.2 Å². The highest BCUT2D eigenvalue weighted by Crippen LogP contribution is 2.36. The lowest BCUT2D eigenvalue weighted by Crippen LogP contribution is -2.09. The number of esters is 1. The van der Waals surface area contributed by atoms with Gasteiger partial charge in [0, 0.05) is 11.1 Å². The average molecular weight is 451 g/mol. The molecule has 4 rings (SSSR count). The monoisotopic (exact) mass is 450 g/mol. The van der Waals surface area contributed by atoms with Crippen LogP contribution in [-0.4, -0.2) is 20.2 Å². The van der Waals surface area contributed by atoms with Crippen LogP contribution in [0.15, 0.2) is 103 Å². The van der Waals surface area contributed by atoms with Crippen molar-refractivity contribution in [2.24, 2.45) is 0 Å². The third-order valence-electron chi connectivity index (χ3n) is 5.58. The van der Waals surface area contributed by atoms with Gasteiger partial charge in [0.05, 0.1) is 14.2 Å². The second-order valence-corrected chi connectivity index (χ2v) is 7.92. The molecule has 170 valence electrons. The number of carbonyl (C=O) groups is 1. The maximum absolute atomic E-state index is 12.3. The van der Waals surface area contributed by atoms with E-state index in [-0.39, 0.29) is 0 Å². The average Bonchev–Trinajstić information content (AvgIpc) is 2.89. The fourth-order valence-corrected chi connectivity index (χ4v) is 3.62. The summed E-state index contributed by atoms with van der Waals surface area (Å²) in [5.41, 5.74) is 6.26. The number of hydrogen-bond donors (Lipinski definition) is 0. The molecule has 0 fully saturated rings. The molecule has 0 radical (unpaired) electrons. The van der Waals surface area contributed by atoms with Gasteiger partial charge < -0.3 is 14.2 Å². The Labute approximate surface area is 200 Å². The predicted octanol–water partition coefficient (Wildman–Crippen LogP) is 7.19. The Hall–Kier alpha value is -4.31. The standard InChI is InChI=1S/C30H26O4/c1-20(2)30(31)34-29-19-25(13-18-28(29)24-11-16-27(33-4)17-12-24)23-7-5-21(6-8-23)22-9-14-26(32-3)15-10-22/h5-19H,1H2,2-4H3. The summed E-state index contributed by atoms with van der Waals surface area (Å²) in [6.07, 6.45) is 0. The van der Waals surface area contributed by atoms with E-state index in [1.54, 1.807) is 21.1 Å². The van der Waals surface area contributed by atoms with Crippen molar-refractivity contribution in [3.05, 3.63) is 103 Å². The van der Waals surface area contributed by atoms with Crippen LogP contribution in [0.4, 0.5) is 0 Å². The van der Waals surface area contributed by atoms with Gasteiger partial charge in [0.1, 0.15) is 17.2 Å². The number of ether oxygens (including phenoxy) is 3. The van der Waals surface area contributed by atoms with Gasteiger partial charge in [-0.3, -0.25) is 0 Å². The van der Waals surface area contributed by atoms with Crippen LogP contribution >= 0.6 is 0 Å². The Morgan fingerprint density at radius 1 is 0.618 bits per heavy atom. The van der Waals surface area contributed by atoms with E-state index in [0.717, 1.165) is 44.9 Å². The van der Waals surface area contributed by atoms with Crippen molar-refractivity contribution in [2.75, 3.05) is 14.2 Å². The van der Waals surface area contributed by atoms with E-state index in [1.807, 2.05) is 66.7 Å². The lowest BCUT2D eigenvalue weighted by Gasteiger charge is -2.13. The Bertz CT molecular complexity index is 1300. The van der Waals surface area contributed by atoms with Crippen molar-refractivity contribution < 1.29 is 19.0 Å². The van der Waals surface area contributed by atoms with Gasteiger partial charge in [-0.25, -0.2) is 4.79 Å². The molecule has 4 nitrogen and oxygen atoms in total. The summed E-state index contributed by atoms with van der Waals surface area (Å²) in [6, 6.07) is 29.8. The zero-order valence-corrected chi connectivity index (χ0v) is 19.5. The molecular weight excluding hydrogens is 424 g/mol. The maximum atomic E-state index is 12.3. The highest BCUT2D eigenvalue weighted by Gasteiger charge is 2.14. The van der Waals surface area contributed by atoms with Gasteiger partial charge in [-0.2, -0.15) is 0 Å². The first kappa shape index (κ1) is 22.9. The van der Waals surface area contributed by atoms with Crippen molar-refractivity contribution in [2.45, 2.75) is 6.92 Å². The summed E-state index contributed by atoms with van der Waals surface area (Å²) in [5.74, 6) is 1.61. The van der Waals surface area contributed by atoms with Crippen molar-refractivity contribution >= 4 is 5.97 Å². The fraction of sp³-hybridized carbons (Fsp3) is 0.100. The van der Waals surface area contributed by atoms with Crippen molar-refractivity contribution in [3.63, 3.8) is 0 Å². The first-order valence-corrected chi connectivity index (χ1v) is 10.9. The minimum Gasteiger partial charge on any atom is -0.497 e. The number of carbonyl (C=O) groups excluding carboxylic acids is 1. The second-order valence-electron chi connectivity index (χ2n) is 7.92. The molecule has 4 heteroatoms. The summed E-state index contributed by atoms with van der Waals surface area (Å²) < 4.78 is 16.2. The van der Waals surface area contributed by atoms with E-state index in [1.165, 1.54) is 0 Å². The highest BCUT2D eigenvalue weighted by molar-refractivity contribution is 5.91. The molecule has 0 atom stereocenters. The van der Waals surface area contributed by atoms with E-state index in [0.29, 0.717) is 11.3 Å². The molecule has 0 unspecified atom stereocenters. The predicted molar refractivity (Wildman–Crippen MR) is 136 cm³/mol. The van der Waals surface area contributed by atoms with E-state index in [9.17, 15) is 4.79 Å². The van der Waals surface area contributed by atoms with E-state index < -0.39 is 5.97 Å². The summed E-state index contributed by atoms with van der Waals surface area (Å²) in [5, 5.41) is 0. The van der Waals surface area contributed by atoms with Crippen LogP contribution in [0, 0.1) is 0 Å². The lowest BCUT2D eigenvalue weighted by atomic mass is 9.97.